The molecule has 0 aromatic carbocycles. The molecule has 2 aliphatic rings. The van der Waals surface area contributed by atoms with Crippen molar-refractivity contribution in [3.63, 3.8) is 0 Å². The molecule has 17 heteroatoms. The molecule has 6 rings (SSSR count). The summed E-state index contributed by atoms with van der Waals surface area (Å²) in [5, 5.41) is 17.2. The highest BCUT2D eigenvalue weighted by molar-refractivity contribution is 7.57. The number of amides is 4. The fourth-order valence-corrected chi connectivity index (χ4v) is 6.82. The van der Waals surface area contributed by atoms with Gasteiger partial charge in [0.05, 0.1) is 55.1 Å². The van der Waals surface area contributed by atoms with Crippen LogP contribution in [0, 0.1) is 0 Å². The van der Waals surface area contributed by atoms with Gasteiger partial charge < -0.3 is 23.4 Å². The number of furan rings is 4. The molecule has 0 atom stereocenters. The summed E-state index contributed by atoms with van der Waals surface area (Å²) in [4.78, 5) is 64.0. The third-order valence-corrected chi connectivity index (χ3v) is 9.29. The molecule has 0 saturated carbocycles. The number of fused-ring (bicyclic) bond motifs is 10. The Balaban J connectivity index is 1.02. The second kappa shape index (κ2) is 12.1. The lowest BCUT2D eigenvalue weighted by molar-refractivity contribution is -0.138. The molecule has 232 valence electrons. The van der Waals surface area contributed by atoms with Gasteiger partial charge >= 0.3 is 5.97 Å². The number of benzene rings is 2. The van der Waals surface area contributed by atoms with Crippen molar-refractivity contribution in [3.8, 4) is 0 Å². The number of nitrogens with zero attached hydrogens (tertiary/aromatic N) is 2. The first kappa shape index (κ1) is 29.9. The minimum Gasteiger partial charge on any atom is -0.481 e. The first-order valence-electron chi connectivity index (χ1n) is 13.8. The number of hydrogen-bond donors (Lipinski definition) is 4. The Morgan fingerprint density at radius 2 is 1.05 bits per heavy atom. The highest BCUT2D eigenvalue weighted by Gasteiger charge is 2.43. The van der Waals surface area contributed by atoms with Crippen LogP contribution in [0.2, 0.25) is 0 Å². The number of nitrogens with one attached hydrogen (secondary N) is 3. The van der Waals surface area contributed by atoms with Gasteiger partial charge in [0.2, 0.25) is 0 Å². The average molecular weight is 630 g/mol. The van der Waals surface area contributed by atoms with E-state index in [9.17, 15) is 28.5 Å². The van der Waals surface area contributed by atoms with E-state index in [1.165, 1.54) is 0 Å². The molecule has 16 nitrogen and oxygen atoms in total. The van der Waals surface area contributed by atoms with E-state index in [2.05, 4.69) is 15.3 Å². The molecule has 4 bridgehead atoms. The normalized spacial score (nSPS) is 15.2. The van der Waals surface area contributed by atoms with E-state index in [1.54, 1.807) is 24.3 Å². The van der Waals surface area contributed by atoms with Crippen molar-refractivity contribution in [2.24, 2.45) is 0 Å². The molecule has 2 aliphatic heterocycles. The molecule has 6 heterocycles. The standard InChI is InChI=1S/C27H28N5O11P/c33-19(34)5-11-40-13-14-41-12-8-30-44(39,28-6-9-31-24(35)20-15-1-2-16(42-15)21(20)25(31)36)29-7-10-32-26(37)22-17-3-4-18(43-17)23(22)27(32)38/h1-4H,5-14H2,(H,33,34)(H3,28,29,30,39). The number of carbonyl (C=O) groups is 5. The summed E-state index contributed by atoms with van der Waals surface area (Å²) < 4.78 is 35.2. The molecule has 44 heavy (non-hydrogen) atoms. The number of imide groups is 2. The predicted octanol–water partition coefficient (Wildman–Crippen LogP) is 1.33. The maximum absolute atomic E-state index is 13.8. The number of rotatable bonds is 18. The van der Waals surface area contributed by atoms with Crippen molar-refractivity contribution in [2.45, 2.75) is 6.42 Å². The van der Waals surface area contributed by atoms with Crippen LogP contribution < -0.4 is 15.3 Å². The van der Waals surface area contributed by atoms with Gasteiger partial charge in [-0.2, -0.15) is 0 Å². The van der Waals surface area contributed by atoms with Crippen LogP contribution >= 0.6 is 7.59 Å². The third kappa shape index (κ3) is 5.47. The summed E-state index contributed by atoms with van der Waals surface area (Å²) in [6.07, 6.45) is -0.115. The van der Waals surface area contributed by atoms with Crippen LogP contribution in [0.3, 0.4) is 0 Å². The van der Waals surface area contributed by atoms with E-state index in [0.717, 1.165) is 9.80 Å². The Labute approximate surface area is 248 Å². The zero-order valence-electron chi connectivity index (χ0n) is 23.3. The molecule has 0 radical (unpaired) electrons. The van der Waals surface area contributed by atoms with Gasteiger partial charge in [0, 0.05) is 32.7 Å². The van der Waals surface area contributed by atoms with Gasteiger partial charge in [0.1, 0.15) is 22.3 Å². The smallest absolute Gasteiger partial charge is 0.305 e. The van der Waals surface area contributed by atoms with E-state index in [4.69, 9.17) is 23.4 Å². The van der Waals surface area contributed by atoms with Crippen molar-refractivity contribution in [1.29, 1.82) is 0 Å². The van der Waals surface area contributed by atoms with Gasteiger partial charge in [0.15, 0.2) is 0 Å². The highest BCUT2D eigenvalue weighted by atomic mass is 31.2. The molecule has 4 aromatic heterocycles. The second-order valence-electron chi connectivity index (χ2n) is 10.1. The van der Waals surface area contributed by atoms with E-state index >= 15 is 0 Å². The van der Waals surface area contributed by atoms with Crippen molar-refractivity contribution < 1.29 is 52.0 Å². The second-order valence-corrected chi connectivity index (χ2v) is 12.2. The number of carbonyl (C=O) groups excluding carboxylic acids is 4. The fraction of sp³-hybridized carbons (Fsp3) is 0.370. The first-order chi connectivity index (χ1) is 21.2. The molecule has 0 unspecified atom stereocenters. The van der Waals surface area contributed by atoms with Crippen molar-refractivity contribution in [2.75, 3.05) is 59.2 Å². The van der Waals surface area contributed by atoms with Crippen LogP contribution in [0.5, 0.6) is 0 Å². The summed E-state index contributed by atoms with van der Waals surface area (Å²) >= 11 is 0. The van der Waals surface area contributed by atoms with Gasteiger partial charge in [0.25, 0.3) is 31.2 Å². The number of carboxylic acids is 1. The molecule has 0 spiro atoms. The number of aliphatic carboxylic acids is 1. The summed E-state index contributed by atoms with van der Waals surface area (Å²) in [5.41, 5.74) is 2.24. The molecule has 0 fully saturated rings. The van der Waals surface area contributed by atoms with Gasteiger partial charge in [-0.05, 0) is 24.3 Å². The van der Waals surface area contributed by atoms with E-state index in [-0.39, 0.29) is 87.8 Å². The Morgan fingerprint density at radius 1 is 0.659 bits per heavy atom. The highest BCUT2D eigenvalue weighted by Crippen LogP contribution is 2.37. The molecule has 4 N–H and O–H groups in total. The minimum absolute atomic E-state index is 0.0381. The van der Waals surface area contributed by atoms with Gasteiger partial charge in [-0.25, -0.2) is 15.3 Å². The van der Waals surface area contributed by atoms with E-state index in [1.807, 2.05) is 0 Å². The van der Waals surface area contributed by atoms with Crippen molar-refractivity contribution >= 4 is 59.5 Å². The lowest BCUT2D eigenvalue weighted by atomic mass is 10.1. The maximum Gasteiger partial charge on any atom is 0.305 e. The number of carboxylic acid groups (broad SMARTS) is 1. The maximum atomic E-state index is 13.8. The Hall–Kier alpha value is -4.18. The monoisotopic (exact) mass is 629 g/mol. The third-order valence-electron chi connectivity index (χ3n) is 7.29. The van der Waals surface area contributed by atoms with Crippen LogP contribution in [0.4, 0.5) is 0 Å². The summed E-state index contributed by atoms with van der Waals surface area (Å²) in [6.45, 7) is 0.445. The number of ether oxygens (including phenoxy) is 2. The molecule has 0 saturated heterocycles. The van der Waals surface area contributed by atoms with Crippen molar-refractivity contribution in [1.82, 2.24) is 25.1 Å². The quantitative estimate of drug-likeness (QED) is 0.0695. The summed E-state index contributed by atoms with van der Waals surface area (Å²) in [7, 11) is -3.61. The Morgan fingerprint density at radius 3 is 1.45 bits per heavy atom. The fourth-order valence-electron chi connectivity index (χ4n) is 5.25. The molecule has 0 aliphatic carbocycles. The van der Waals surface area contributed by atoms with Crippen LogP contribution in [0.15, 0.2) is 33.1 Å². The minimum atomic E-state index is -3.61. The Bertz CT molecular complexity index is 1580. The van der Waals surface area contributed by atoms with Gasteiger partial charge in [-0.1, -0.05) is 0 Å². The first-order valence-corrected chi connectivity index (χ1v) is 15.5. The van der Waals surface area contributed by atoms with Gasteiger partial charge in [-0.15, -0.1) is 0 Å². The van der Waals surface area contributed by atoms with Crippen LogP contribution in [-0.4, -0.2) is 104 Å². The van der Waals surface area contributed by atoms with Gasteiger partial charge in [-0.3, -0.25) is 38.3 Å². The van der Waals surface area contributed by atoms with E-state index in [0.29, 0.717) is 22.3 Å². The van der Waals surface area contributed by atoms with Crippen LogP contribution in [0.1, 0.15) is 47.9 Å². The largest absolute Gasteiger partial charge is 0.481 e. The topological polar surface area (TPSA) is 210 Å². The lowest BCUT2D eigenvalue weighted by Crippen LogP contribution is -2.42. The lowest BCUT2D eigenvalue weighted by Gasteiger charge is -2.24. The summed E-state index contributed by atoms with van der Waals surface area (Å²) in [5.74, 6) is -2.94. The molecule has 4 amide bonds. The van der Waals surface area contributed by atoms with Crippen LogP contribution in [-0.2, 0) is 18.8 Å². The zero-order chi connectivity index (χ0) is 31.0. The zero-order valence-corrected chi connectivity index (χ0v) is 24.1. The average Bonchev–Trinajstić information content (AvgIpc) is 3.84. The van der Waals surface area contributed by atoms with E-state index < -0.39 is 37.2 Å². The molecule has 4 aromatic rings. The van der Waals surface area contributed by atoms with Crippen molar-refractivity contribution in [3.05, 3.63) is 46.5 Å². The number of hydrogen-bond acceptors (Lipinski definition) is 10. The molecular formula is C27H28N5O11P. The Kier molecular flexibility index (Phi) is 8.20. The predicted molar refractivity (Wildman–Crippen MR) is 151 cm³/mol. The summed E-state index contributed by atoms with van der Waals surface area (Å²) in [6, 6.07) is 6.50. The molecular weight excluding hydrogens is 601 g/mol. The van der Waals surface area contributed by atoms with Crippen LogP contribution in [0.25, 0.3) is 22.3 Å². The SMILES string of the molecule is O=C(O)CCOCCOCCNP(=O)(NCCN1C(=O)c2c(c3ccc2o3)C1=O)NCCN1C(=O)c2c(c3ccc2o3)C1=O.